The Morgan fingerprint density at radius 3 is 2.71 bits per heavy atom. The Morgan fingerprint density at radius 2 is 2.00 bits per heavy atom. The van der Waals surface area contributed by atoms with Crippen LogP contribution in [0.3, 0.4) is 0 Å². The topological polar surface area (TPSA) is 46.6 Å². The molecule has 1 aliphatic rings. The molecule has 1 aliphatic heterocycles. The molecule has 0 atom stereocenters. The molecular formula is C18H21NO3S2. The predicted molar refractivity (Wildman–Crippen MR) is 102 cm³/mol. The number of carbonyl (C=O) groups is 2. The van der Waals surface area contributed by atoms with Crippen LogP contribution in [0.15, 0.2) is 35.2 Å². The normalized spacial score (nSPS) is 16.0. The fraction of sp³-hybridized carbons (Fsp3) is 0.389. The zero-order valence-corrected chi connectivity index (χ0v) is 15.3. The summed E-state index contributed by atoms with van der Waals surface area (Å²) in [7, 11) is 0. The number of benzene rings is 1. The van der Waals surface area contributed by atoms with Crippen LogP contribution < -0.4 is 0 Å². The third-order valence-corrected chi connectivity index (χ3v) is 5.03. The zero-order valence-electron chi connectivity index (χ0n) is 13.7. The van der Waals surface area contributed by atoms with Crippen molar-refractivity contribution in [2.75, 3.05) is 13.2 Å². The Morgan fingerprint density at radius 1 is 1.25 bits per heavy atom. The van der Waals surface area contributed by atoms with Gasteiger partial charge >= 0.3 is 5.97 Å². The van der Waals surface area contributed by atoms with E-state index in [1.54, 1.807) is 11.8 Å². The lowest BCUT2D eigenvalue weighted by Gasteiger charge is -2.14. The largest absolute Gasteiger partial charge is 0.466 e. The number of rotatable bonds is 8. The summed E-state index contributed by atoms with van der Waals surface area (Å²) < 4.78 is 4.89. The van der Waals surface area contributed by atoms with Gasteiger partial charge in [-0.25, -0.2) is 0 Å². The van der Waals surface area contributed by atoms with Crippen LogP contribution in [0.2, 0.25) is 0 Å². The van der Waals surface area contributed by atoms with Crippen molar-refractivity contribution in [2.45, 2.75) is 32.6 Å². The van der Waals surface area contributed by atoms with Gasteiger partial charge in [0.05, 0.1) is 11.5 Å². The average molecular weight is 364 g/mol. The van der Waals surface area contributed by atoms with Gasteiger partial charge in [0.15, 0.2) is 0 Å². The second-order valence-corrected chi connectivity index (χ2v) is 6.74. The Bertz CT molecular complexity index is 628. The van der Waals surface area contributed by atoms with E-state index in [4.69, 9.17) is 17.0 Å². The number of thioether (sulfide) groups is 1. The lowest BCUT2D eigenvalue weighted by molar-refractivity contribution is -0.143. The van der Waals surface area contributed by atoms with Crippen molar-refractivity contribution in [1.82, 2.24) is 4.90 Å². The summed E-state index contributed by atoms with van der Waals surface area (Å²) in [5.41, 5.74) is 1.03. The minimum Gasteiger partial charge on any atom is -0.466 e. The highest BCUT2D eigenvalue weighted by Gasteiger charge is 2.30. The van der Waals surface area contributed by atoms with E-state index in [9.17, 15) is 9.59 Å². The van der Waals surface area contributed by atoms with E-state index in [2.05, 4.69) is 0 Å². The van der Waals surface area contributed by atoms with Crippen molar-refractivity contribution in [2.24, 2.45) is 0 Å². The molecule has 0 bridgehead atoms. The Kier molecular flexibility index (Phi) is 7.46. The summed E-state index contributed by atoms with van der Waals surface area (Å²) >= 11 is 6.62. The van der Waals surface area contributed by atoms with Crippen LogP contribution in [-0.2, 0) is 9.53 Å². The van der Waals surface area contributed by atoms with Gasteiger partial charge in [-0.3, -0.25) is 14.5 Å². The Hall–Kier alpha value is -1.66. The van der Waals surface area contributed by atoms with Crippen LogP contribution in [0, 0.1) is 0 Å². The van der Waals surface area contributed by atoms with Gasteiger partial charge in [0.2, 0.25) is 0 Å². The molecule has 2 rings (SSSR count). The van der Waals surface area contributed by atoms with E-state index in [0.29, 0.717) is 24.6 Å². The molecule has 0 aliphatic carbocycles. The van der Waals surface area contributed by atoms with Gasteiger partial charge in [-0.05, 0) is 43.2 Å². The summed E-state index contributed by atoms with van der Waals surface area (Å²) in [6, 6.07) is 9.84. The minimum absolute atomic E-state index is 0.0208. The zero-order chi connectivity index (χ0) is 17.4. The van der Waals surface area contributed by atoms with E-state index >= 15 is 0 Å². The van der Waals surface area contributed by atoms with Gasteiger partial charge in [0.25, 0.3) is 5.24 Å². The van der Waals surface area contributed by atoms with Crippen molar-refractivity contribution < 1.29 is 14.3 Å². The van der Waals surface area contributed by atoms with Crippen LogP contribution in [0.25, 0.3) is 6.08 Å². The molecule has 1 heterocycles. The molecular weight excluding hydrogens is 342 g/mol. The Balaban J connectivity index is 1.80. The molecule has 6 heteroatoms. The summed E-state index contributed by atoms with van der Waals surface area (Å²) in [6.45, 7) is 2.82. The Labute approximate surface area is 152 Å². The predicted octanol–water partition coefficient (Wildman–Crippen LogP) is 4.65. The second kappa shape index (κ2) is 9.59. The number of carbonyl (C=O) groups excluding carboxylic acids is 2. The highest BCUT2D eigenvalue weighted by atomic mass is 32.2. The van der Waals surface area contributed by atoms with E-state index in [0.717, 1.165) is 29.7 Å². The van der Waals surface area contributed by atoms with Crippen molar-refractivity contribution in [3.05, 3.63) is 40.8 Å². The maximum absolute atomic E-state index is 12.1. The van der Waals surface area contributed by atoms with Gasteiger partial charge < -0.3 is 4.74 Å². The van der Waals surface area contributed by atoms with Gasteiger partial charge in [0, 0.05) is 13.0 Å². The van der Waals surface area contributed by atoms with Crippen LogP contribution in [0.4, 0.5) is 4.79 Å². The van der Waals surface area contributed by atoms with E-state index in [1.807, 2.05) is 36.4 Å². The summed E-state index contributed by atoms with van der Waals surface area (Å²) in [6.07, 6.45) is 4.84. The summed E-state index contributed by atoms with van der Waals surface area (Å²) in [4.78, 5) is 26.5. The van der Waals surface area contributed by atoms with Crippen LogP contribution in [0.5, 0.6) is 0 Å². The van der Waals surface area contributed by atoms with Crippen molar-refractivity contribution in [3.63, 3.8) is 0 Å². The number of amides is 1. The molecule has 0 radical (unpaired) electrons. The smallest absolute Gasteiger partial charge is 0.305 e. The number of nitrogens with zero attached hydrogens (tertiary/aromatic N) is 1. The molecule has 0 spiro atoms. The van der Waals surface area contributed by atoms with Gasteiger partial charge in [-0.15, -0.1) is 0 Å². The fourth-order valence-electron chi connectivity index (χ4n) is 2.34. The molecule has 0 unspecified atom stereocenters. The van der Waals surface area contributed by atoms with Crippen molar-refractivity contribution in [1.29, 1.82) is 0 Å². The van der Waals surface area contributed by atoms with Gasteiger partial charge in [-0.2, -0.15) is 0 Å². The first-order valence-corrected chi connectivity index (χ1v) is 9.30. The van der Waals surface area contributed by atoms with Crippen LogP contribution in [0.1, 0.15) is 38.2 Å². The lowest BCUT2D eigenvalue weighted by atomic mass is 10.2. The van der Waals surface area contributed by atoms with Crippen molar-refractivity contribution in [3.8, 4) is 0 Å². The van der Waals surface area contributed by atoms with E-state index in [-0.39, 0.29) is 11.2 Å². The molecule has 0 N–H and O–H groups in total. The van der Waals surface area contributed by atoms with Gasteiger partial charge in [0.1, 0.15) is 4.99 Å². The number of ether oxygens (including phenoxy) is 1. The minimum atomic E-state index is -0.158. The number of hydrogen-bond donors (Lipinski definition) is 0. The lowest BCUT2D eigenvalue weighted by Crippen LogP contribution is -2.27. The molecule has 128 valence electrons. The molecule has 4 nitrogen and oxygen atoms in total. The maximum atomic E-state index is 12.1. The average Bonchev–Trinajstić information content (AvgIpc) is 2.83. The molecule has 1 fully saturated rings. The quantitative estimate of drug-likeness (QED) is 0.291. The molecule has 0 aromatic heterocycles. The summed E-state index contributed by atoms with van der Waals surface area (Å²) in [5.74, 6) is -0.158. The first-order chi connectivity index (χ1) is 11.6. The first-order valence-electron chi connectivity index (χ1n) is 8.08. The molecule has 1 amide bonds. The number of hydrogen-bond acceptors (Lipinski definition) is 5. The standard InChI is InChI=1S/C18H21NO3S2/c1-2-22-16(20)11-7-4-8-12-19-17(23)15(24-18(19)21)13-14-9-5-3-6-10-14/h3,5-6,9-10,13H,2,4,7-8,11-12H2,1H3/b15-13+. The third kappa shape index (κ3) is 5.46. The highest BCUT2D eigenvalue weighted by molar-refractivity contribution is 8.19. The maximum Gasteiger partial charge on any atom is 0.305 e. The highest BCUT2D eigenvalue weighted by Crippen LogP contribution is 2.33. The van der Waals surface area contributed by atoms with Crippen LogP contribution >= 0.6 is 24.0 Å². The SMILES string of the molecule is CCOC(=O)CCCCCN1C(=O)S/C(=C/c2ccccc2)C1=S. The first kappa shape index (κ1) is 18.7. The summed E-state index contributed by atoms with van der Waals surface area (Å²) in [5, 5.41) is -0.0208. The third-order valence-electron chi connectivity index (χ3n) is 3.54. The second-order valence-electron chi connectivity index (χ2n) is 5.36. The molecule has 0 saturated carbocycles. The monoisotopic (exact) mass is 363 g/mol. The number of thiocarbonyl (C=S) groups is 1. The number of esters is 1. The molecule has 1 aromatic rings. The molecule has 24 heavy (non-hydrogen) atoms. The molecule has 1 saturated heterocycles. The van der Waals surface area contributed by atoms with Crippen molar-refractivity contribution >= 4 is 46.3 Å². The van der Waals surface area contributed by atoms with E-state index < -0.39 is 0 Å². The molecule has 1 aromatic carbocycles. The van der Waals surface area contributed by atoms with Gasteiger partial charge in [-0.1, -0.05) is 49.0 Å². The fourth-order valence-corrected chi connectivity index (χ4v) is 3.63. The van der Waals surface area contributed by atoms with Crippen LogP contribution in [-0.4, -0.2) is 34.2 Å². The van der Waals surface area contributed by atoms with E-state index in [1.165, 1.54) is 11.8 Å². The number of unbranched alkanes of at least 4 members (excludes halogenated alkanes) is 2.